The number of aliphatic imine (C=N–C) groups is 1. The SMILES string of the molecule is CC(C)=CCCC(C)=CCCC(C)=CCCC(C)=CC1=N[C@@H](CC(C)C)C(=O)O1. The first-order valence-corrected chi connectivity index (χ1v) is 11.1. The van der Waals surface area contributed by atoms with Crippen LogP contribution in [0.1, 0.15) is 93.4 Å². The zero-order chi connectivity index (χ0) is 21.8. The average molecular weight is 400 g/mol. The third-order valence-corrected chi connectivity index (χ3v) is 4.98. The topological polar surface area (TPSA) is 38.7 Å². The van der Waals surface area contributed by atoms with Gasteiger partial charge in [-0.3, -0.25) is 0 Å². The van der Waals surface area contributed by atoms with Gasteiger partial charge in [-0.05, 0) is 91.6 Å². The van der Waals surface area contributed by atoms with Crippen LogP contribution in [-0.4, -0.2) is 17.9 Å². The Morgan fingerprint density at radius 3 is 1.93 bits per heavy atom. The lowest BCUT2D eigenvalue weighted by Gasteiger charge is -2.05. The number of hydrogen-bond donors (Lipinski definition) is 0. The molecule has 0 radical (unpaired) electrons. The molecule has 0 aromatic carbocycles. The first-order chi connectivity index (χ1) is 13.7. The predicted molar refractivity (Wildman–Crippen MR) is 125 cm³/mol. The second-order valence-electron chi connectivity index (χ2n) is 9.02. The van der Waals surface area contributed by atoms with Gasteiger partial charge in [0.25, 0.3) is 0 Å². The van der Waals surface area contributed by atoms with Crippen LogP contribution in [0.3, 0.4) is 0 Å². The maximum atomic E-state index is 11.9. The lowest BCUT2D eigenvalue weighted by atomic mass is 10.0. The summed E-state index contributed by atoms with van der Waals surface area (Å²) in [5.41, 5.74) is 5.51. The van der Waals surface area contributed by atoms with Crippen molar-refractivity contribution < 1.29 is 9.53 Å². The normalized spacial score (nSPS) is 18.2. The summed E-state index contributed by atoms with van der Waals surface area (Å²) < 4.78 is 5.30. The van der Waals surface area contributed by atoms with Crippen molar-refractivity contribution in [1.29, 1.82) is 0 Å². The van der Waals surface area contributed by atoms with Crippen molar-refractivity contribution in [2.75, 3.05) is 0 Å². The third kappa shape index (κ3) is 11.6. The number of hydrogen-bond acceptors (Lipinski definition) is 3. The molecule has 0 aromatic rings. The van der Waals surface area contributed by atoms with Crippen molar-refractivity contribution in [2.24, 2.45) is 10.9 Å². The molecule has 0 amide bonds. The standard InChI is InChI=1S/C26H41NO2/c1-19(2)11-8-12-21(5)13-9-14-22(6)15-10-16-23(7)18-25-27-24(17-20(3)4)26(28)29-25/h11,13,15,18,20,24H,8-10,12,14,16-17H2,1-7H3/t24-/m0/s1. The van der Waals surface area contributed by atoms with Crippen LogP contribution in [0.2, 0.25) is 0 Å². The fourth-order valence-corrected chi connectivity index (χ4v) is 3.23. The highest BCUT2D eigenvalue weighted by atomic mass is 16.6. The van der Waals surface area contributed by atoms with Gasteiger partial charge in [0.1, 0.15) is 0 Å². The molecule has 1 heterocycles. The van der Waals surface area contributed by atoms with Gasteiger partial charge in [0.05, 0.1) is 0 Å². The van der Waals surface area contributed by atoms with Crippen molar-refractivity contribution >= 4 is 11.9 Å². The largest absolute Gasteiger partial charge is 0.406 e. The molecular formula is C26H41NO2. The molecular weight excluding hydrogens is 358 g/mol. The summed E-state index contributed by atoms with van der Waals surface area (Å²) in [6, 6.07) is -0.324. The molecule has 0 saturated heterocycles. The Morgan fingerprint density at radius 1 is 0.897 bits per heavy atom. The molecule has 0 bridgehead atoms. The van der Waals surface area contributed by atoms with Crippen molar-refractivity contribution in [3.8, 4) is 0 Å². The Morgan fingerprint density at radius 2 is 1.41 bits per heavy atom. The molecule has 0 spiro atoms. The van der Waals surface area contributed by atoms with Gasteiger partial charge < -0.3 is 4.74 Å². The van der Waals surface area contributed by atoms with Gasteiger partial charge in [-0.2, -0.15) is 0 Å². The molecule has 0 saturated carbocycles. The quantitative estimate of drug-likeness (QED) is 0.252. The van der Waals surface area contributed by atoms with Gasteiger partial charge in [-0.15, -0.1) is 0 Å². The first kappa shape index (κ1) is 25.1. The van der Waals surface area contributed by atoms with Gasteiger partial charge in [0.15, 0.2) is 6.04 Å². The van der Waals surface area contributed by atoms with E-state index in [9.17, 15) is 4.79 Å². The van der Waals surface area contributed by atoms with E-state index in [1.807, 2.05) is 6.08 Å². The van der Waals surface area contributed by atoms with E-state index in [1.165, 1.54) is 22.3 Å². The summed E-state index contributed by atoms with van der Waals surface area (Å²) in [7, 11) is 0. The molecule has 0 aromatic heterocycles. The van der Waals surface area contributed by atoms with Gasteiger partial charge in [-0.1, -0.05) is 54.4 Å². The van der Waals surface area contributed by atoms with E-state index in [0.717, 1.165) is 44.9 Å². The highest BCUT2D eigenvalue weighted by Crippen LogP contribution is 2.18. The second-order valence-corrected chi connectivity index (χ2v) is 9.02. The summed E-state index contributed by atoms with van der Waals surface area (Å²) in [6.07, 6.45) is 16.2. The number of carbonyl (C=O) groups is 1. The molecule has 1 aliphatic heterocycles. The van der Waals surface area contributed by atoms with E-state index in [-0.39, 0.29) is 12.0 Å². The minimum Gasteiger partial charge on any atom is -0.406 e. The van der Waals surface area contributed by atoms with E-state index in [1.54, 1.807) is 0 Å². The summed E-state index contributed by atoms with van der Waals surface area (Å²) >= 11 is 0. The number of rotatable bonds is 12. The molecule has 3 nitrogen and oxygen atoms in total. The number of esters is 1. The fraction of sp³-hybridized carbons (Fsp3) is 0.615. The predicted octanol–water partition coefficient (Wildman–Crippen LogP) is 7.50. The summed E-state index contributed by atoms with van der Waals surface area (Å²) in [4.78, 5) is 16.3. The zero-order valence-electron chi connectivity index (χ0n) is 19.7. The summed E-state index contributed by atoms with van der Waals surface area (Å²) in [6.45, 7) is 15.0. The Hall–Kier alpha value is -1.90. The highest BCUT2D eigenvalue weighted by Gasteiger charge is 2.28. The molecule has 162 valence electrons. The number of nitrogens with zero attached hydrogens (tertiary/aromatic N) is 1. The molecule has 29 heavy (non-hydrogen) atoms. The Labute approximate surface area is 178 Å². The lowest BCUT2D eigenvalue weighted by Crippen LogP contribution is -2.16. The van der Waals surface area contributed by atoms with Crippen LogP contribution in [0.5, 0.6) is 0 Å². The van der Waals surface area contributed by atoms with Crippen LogP contribution in [0.15, 0.2) is 51.6 Å². The van der Waals surface area contributed by atoms with Crippen molar-refractivity contribution in [1.82, 2.24) is 0 Å². The summed E-state index contributed by atoms with van der Waals surface area (Å²) in [5.74, 6) is 0.704. The Balaban J connectivity index is 2.37. The molecule has 1 rings (SSSR count). The van der Waals surface area contributed by atoms with Crippen LogP contribution in [-0.2, 0) is 9.53 Å². The number of carbonyl (C=O) groups excluding carboxylic acids is 1. The molecule has 1 atom stereocenters. The van der Waals surface area contributed by atoms with E-state index in [0.29, 0.717) is 11.8 Å². The van der Waals surface area contributed by atoms with Gasteiger partial charge in [0.2, 0.25) is 5.90 Å². The summed E-state index contributed by atoms with van der Waals surface area (Å²) in [5, 5.41) is 0. The van der Waals surface area contributed by atoms with Crippen LogP contribution in [0.25, 0.3) is 0 Å². The van der Waals surface area contributed by atoms with Crippen molar-refractivity contribution in [3.05, 3.63) is 46.6 Å². The molecule has 1 aliphatic rings. The van der Waals surface area contributed by atoms with Crippen LogP contribution < -0.4 is 0 Å². The van der Waals surface area contributed by atoms with Crippen LogP contribution in [0, 0.1) is 5.92 Å². The van der Waals surface area contributed by atoms with Crippen molar-refractivity contribution in [3.63, 3.8) is 0 Å². The van der Waals surface area contributed by atoms with E-state index >= 15 is 0 Å². The number of allylic oxidation sites excluding steroid dienone is 7. The molecule has 0 N–H and O–H groups in total. The minimum absolute atomic E-state index is 0.210. The number of ether oxygens (including phenoxy) is 1. The van der Waals surface area contributed by atoms with E-state index in [2.05, 4.69) is 71.7 Å². The highest BCUT2D eigenvalue weighted by molar-refractivity contribution is 6.02. The molecule has 0 unspecified atom stereocenters. The maximum absolute atomic E-state index is 11.9. The minimum atomic E-state index is -0.324. The van der Waals surface area contributed by atoms with Crippen molar-refractivity contribution in [2.45, 2.75) is 99.5 Å². The molecule has 0 aliphatic carbocycles. The average Bonchev–Trinajstić information content (AvgIpc) is 2.92. The smallest absolute Gasteiger partial charge is 0.337 e. The van der Waals surface area contributed by atoms with Crippen LogP contribution in [0.4, 0.5) is 0 Å². The first-order valence-electron chi connectivity index (χ1n) is 11.1. The Bertz CT molecular complexity index is 685. The number of cyclic esters (lactones) is 1. The van der Waals surface area contributed by atoms with Gasteiger partial charge in [-0.25, -0.2) is 9.79 Å². The fourth-order valence-electron chi connectivity index (χ4n) is 3.23. The van der Waals surface area contributed by atoms with Crippen LogP contribution >= 0.6 is 0 Å². The maximum Gasteiger partial charge on any atom is 0.337 e. The molecule has 3 heteroatoms. The second kappa shape index (κ2) is 13.3. The van der Waals surface area contributed by atoms with E-state index < -0.39 is 0 Å². The zero-order valence-corrected chi connectivity index (χ0v) is 19.7. The van der Waals surface area contributed by atoms with E-state index in [4.69, 9.17) is 4.74 Å². The lowest BCUT2D eigenvalue weighted by molar-refractivity contribution is -0.135. The monoisotopic (exact) mass is 399 g/mol. The third-order valence-electron chi connectivity index (χ3n) is 4.98. The Kier molecular flexibility index (Phi) is 11.6. The van der Waals surface area contributed by atoms with Gasteiger partial charge >= 0.3 is 5.97 Å². The van der Waals surface area contributed by atoms with Gasteiger partial charge in [0, 0.05) is 0 Å². The molecule has 0 fully saturated rings.